The van der Waals surface area contributed by atoms with Crippen molar-refractivity contribution < 1.29 is 4.79 Å². The largest absolute Gasteiger partial charge is 0.340 e. The van der Waals surface area contributed by atoms with Crippen LogP contribution in [0.15, 0.2) is 0 Å². The molecule has 0 saturated carbocycles. The fourth-order valence-electron chi connectivity index (χ4n) is 1.19. The highest BCUT2D eigenvalue weighted by Crippen LogP contribution is 2.24. The number of hydrogen-bond donors (Lipinski definition) is 1. The predicted octanol–water partition coefficient (Wildman–Crippen LogP) is 0.561. The third-order valence-corrected chi connectivity index (χ3v) is 4.30. The smallest absolute Gasteiger partial charge is 0.240 e. The van der Waals surface area contributed by atoms with E-state index in [9.17, 15) is 4.79 Å². The maximum absolute atomic E-state index is 11.7. The molecule has 0 aromatic rings. The second-order valence-corrected chi connectivity index (χ2v) is 5.69. The second kappa shape index (κ2) is 6.23. The van der Waals surface area contributed by atoms with E-state index in [-0.39, 0.29) is 5.91 Å². The summed E-state index contributed by atoms with van der Waals surface area (Å²) in [6.07, 6.45) is 5.45. The predicted molar refractivity (Wildman–Crippen MR) is 62.9 cm³/mol. The van der Waals surface area contributed by atoms with Gasteiger partial charge in [0.05, 0.1) is 6.04 Å². The van der Waals surface area contributed by atoms with Crippen molar-refractivity contribution in [2.45, 2.75) is 12.5 Å². The lowest BCUT2D eigenvalue weighted by atomic mass is 10.2. The molecule has 1 fully saturated rings. The van der Waals surface area contributed by atoms with E-state index in [1.807, 2.05) is 4.90 Å². The summed E-state index contributed by atoms with van der Waals surface area (Å²) in [5, 5.41) is 0. The van der Waals surface area contributed by atoms with Gasteiger partial charge in [-0.2, -0.15) is 0 Å². The average Bonchev–Trinajstić information content (AvgIpc) is 2.45. The maximum atomic E-state index is 11.7. The molecular weight excluding hydrogens is 216 g/mol. The Morgan fingerprint density at radius 3 is 2.57 bits per heavy atom. The summed E-state index contributed by atoms with van der Waals surface area (Å²) in [5.41, 5.74) is 5.66. The van der Waals surface area contributed by atoms with E-state index < -0.39 is 6.04 Å². The van der Waals surface area contributed by atoms with Crippen molar-refractivity contribution in [1.82, 2.24) is 4.90 Å². The first kappa shape index (κ1) is 11.8. The molecule has 2 N–H and O–H groups in total. The Morgan fingerprint density at radius 1 is 1.50 bits per heavy atom. The zero-order chi connectivity index (χ0) is 10.4. The molecule has 0 spiro atoms. The van der Waals surface area contributed by atoms with Crippen molar-refractivity contribution in [2.24, 2.45) is 5.73 Å². The number of hydrogen-bond acceptors (Lipinski definition) is 4. The lowest BCUT2D eigenvalue weighted by Crippen LogP contribution is -2.44. The minimum Gasteiger partial charge on any atom is -0.340 e. The molecule has 0 radical (unpaired) electrons. The molecule has 0 aliphatic carbocycles. The zero-order valence-corrected chi connectivity index (χ0v) is 9.57. The maximum Gasteiger partial charge on any atom is 0.240 e. The van der Waals surface area contributed by atoms with Crippen LogP contribution >= 0.6 is 21.6 Å². The minimum atomic E-state index is -0.520. The Labute approximate surface area is 92.6 Å². The Hall–Kier alpha value is -0.310. The van der Waals surface area contributed by atoms with Crippen molar-refractivity contribution in [1.29, 1.82) is 0 Å². The molecular formula is C9H14N2OS2. The van der Waals surface area contributed by atoms with Crippen LogP contribution in [0.25, 0.3) is 0 Å². The number of carbonyl (C=O) groups is 1. The fourth-order valence-corrected chi connectivity index (χ4v) is 3.17. The topological polar surface area (TPSA) is 46.3 Å². The molecule has 0 aromatic carbocycles. The van der Waals surface area contributed by atoms with E-state index in [1.165, 1.54) is 0 Å². The van der Waals surface area contributed by atoms with E-state index >= 15 is 0 Å². The van der Waals surface area contributed by atoms with Crippen LogP contribution in [0.2, 0.25) is 0 Å². The number of nitrogens with zero attached hydrogens (tertiary/aromatic N) is 1. The lowest BCUT2D eigenvalue weighted by Gasteiger charge is -2.22. The van der Waals surface area contributed by atoms with Gasteiger partial charge < -0.3 is 10.6 Å². The van der Waals surface area contributed by atoms with E-state index in [4.69, 9.17) is 12.2 Å². The molecule has 78 valence electrons. The highest BCUT2D eigenvalue weighted by molar-refractivity contribution is 8.76. The third-order valence-electron chi connectivity index (χ3n) is 1.94. The molecule has 1 amide bonds. The Balaban J connectivity index is 2.45. The van der Waals surface area contributed by atoms with Crippen LogP contribution in [-0.2, 0) is 4.79 Å². The molecule has 1 aliphatic heterocycles. The SMILES string of the molecule is C#CCC(N)C(=O)N1CCSSCC1. The van der Waals surface area contributed by atoms with Crippen molar-refractivity contribution in [3.05, 3.63) is 0 Å². The molecule has 1 unspecified atom stereocenters. The minimum absolute atomic E-state index is 0.00829. The highest BCUT2D eigenvalue weighted by atomic mass is 33.1. The van der Waals surface area contributed by atoms with E-state index in [0.29, 0.717) is 6.42 Å². The summed E-state index contributed by atoms with van der Waals surface area (Å²) >= 11 is 0. The molecule has 5 heteroatoms. The summed E-state index contributed by atoms with van der Waals surface area (Å²) < 4.78 is 0. The highest BCUT2D eigenvalue weighted by Gasteiger charge is 2.21. The number of carbonyl (C=O) groups excluding carboxylic acids is 1. The molecule has 14 heavy (non-hydrogen) atoms. The summed E-state index contributed by atoms with van der Waals surface area (Å²) in [6.45, 7) is 1.57. The van der Waals surface area contributed by atoms with Crippen LogP contribution in [-0.4, -0.2) is 41.4 Å². The van der Waals surface area contributed by atoms with Gasteiger partial charge in [-0.05, 0) is 0 Å². The van der Waals surface area contributed by atoms with E-state index in [0.717, 1.165) is 24.6 Å². The summed E-state index contributed by atoms with van der Waals surface area (Å²) in [5.74, 6) is 4.35. The van der Waals surface area contributed by atoms with Crippen molar-refractivity contribution in [2.75, 3.05) is 24.6 Å². The van der Waals surface area contributed by atoms with Crippen LogP contribution in [0.4, 0.5) is 0 Å². The fraction of sp³-hybridized carbons (Fsp3) is 0.667. The van der Waals surface area contributed by atoms with Crippen LogP contribution in [0.5, 0.6) is 0 Å². The molecule has 1 heterocycles. The molecule has 0 aromatic heterocycles. The van der Waals surface area contributed by atoms with E-state index in [2.05, 4.69) is 5.92 Å². The quantitative estimate of drug-likeness (QED) is 0.556. The lowest BCUT2D eigenvalue weighted by molar-refractivity contribution is -0.131. The number of amides is 1. The van der Waals surface area contributed by atoms with Crippen molar-refractivity contribution in [3.8, 4) is 12.3 Å². The number of rotatable bonds is 2. The molecule has 3 nitrogen and oxygen atoms in total. The van der Waals surface area contributed by atoms with Crippen molar-refractivity contribution in [3.63, 3.8) is 0 Å². The first-order valence-corrected chi connectivity index (χ1v) is 6.96. The standard InChI is InChI=1S/C9H14N2OS2/c1-2-3-8(10)9(12)11-4-6-13-14-7-5-11/h1,8H,3-7,10H2. The molecule has 1 saturated heterocycles. The van der Waals surface area contributed by atoms with Crippen LogP contribution in [0.1, 0.15) is 6.42 Å². The normalized spacial score (nSPS) is 19.6. The van der Waals surface area contributed by atoms with Gasteiger partial charge in [-0.3, -0.25) is 4.79 Å². The number of terminal acetylenes is 1. The molecule has 1 atom stereocenters. The second-order valence-electron chi connectivity index (χ2n) is 2.98. The molecule has 0 bridgehead atoms. The van der Waals surface area contributed by atoms with Gasteiger partial charge in [0.15, 0.2) is 0 Å². The first-order chi connectivity index (χ1) is 6.75. The van der Waals surface area contributed by atoms with Gasteiger partial charge in [0.2, 0.25) is 5.91 Å². The summed E-state index contributed by atoms with van der Waals surface area (Å²) in [6, 6.07) is -0.520. The van der Waals surface area contributed by atoms with Crippen molar-refractivity contribution >= 4 is 27.5 Å². The van der Waals surface area contributed by atoms with Crippen LogP contribution in [0, 0.1) is 12.3 Å². The van der Waals surface area contributed by atoms with Gasteiger partial charge in [-0.25, -0.2) is 0 Å². The van der Waals surface area contributed by atoms with Gasteiger partial charge in [-0.15, -0.1) is 12.3 Å². The summed E-state index contributed by atoms with van der Waals surface area (Å²) in [7, 11) is 3.61. The first-order valence-electron chi connectivity index (χ1n) is 4.48. The number of nitrogens with two attached hydrogens (primary N) is 1. The molecule has 1 aliphatic rings. The third kappa shape index (κ3) is 3.45. The van der Waals surface area contributed by atoms with Gasteiger partial charge in [0.1, 0.15) is 0 Å². The summed E-state index contributed by atoms with van der Waals surface area (Å²) in [4.78, 5) is 13.5. The average molecular weight is 230 g/mol. The van der Waals surface area contributed by atoms with Crippen LogP contribution < -0.4 is 5.73 Å². The van der Waals surface area contributed by atoms with Gasteiger partial charge in [-0.1, -0.05) is 21.6 Å². The Kier molecular flexibility index (Phi) is 5.23. The van der Waals surface area contributed by atoms with Gasteiger partial charge >= 0.3 is 0 Å². The Bertz CT molecular complexity index is 231. The molecule has 1 rings (SSSR count). The van der Waals surface area contributed by atoms with Gasteiger partial charge in [0, 0.05) is 31.0 Å². The Morgan fingerprint density at radius 2 is 2.07 bits per heavy atom. The zero-order valence-electron chi connectivity index (χ0n) is 7.94. The van der Waals surface area contributed by atoms with Crippen LogP contribution in [0.3, 0.4) is 0 Å². The van der Waals surface area contributed by atoms with E-state index in [1.54, 1.807) is 21.6 Å². The van der Waals surface area contributed by atoms with Gasteiger partial charge in [0.25, 0.3) is 0 Å². The monoisotopic (exact) mass is 230 g/mol.